The lowest BCUT2D eigenvalue weighted by atomic mass is 9.98. The summed E-state index contributed by atoms with van der Waals surface area (Å²) in [5.41, 5.74) is 0.867. The van der Waals surface area contributed by atoms with E-state index in [-0.39, 0.29) is 5.91 Å². The molecule has 1 aliphatic rings. The highest BCUT2D eigenvalue weighted by molar-refractivity contribution is 7.13. The lowest BCUT2D eigenvalue weighted by Gasteiger charge is -2.32. The molecule has 0 aromatic carbocycles. The van der Waals surface area contributed by atoms with Crippen molar-refractivity contribution in [1.29, 1.82) is 0 Å². The summed E-state index contributed by atoms with van der Waals surface area (Å²) in [6.45, 7) is 10.3. The largest absolute Gasteiger partial charge is 0.351 e. The van der Waals surface area contributed by atoms with E-state index >= 15 is 0 Å². The molecule has 0 bridgehead atoms. The third-order valence-corrected chi connectivity index (χ3v) is 6.78. The highest BCUT2D eigenvalue weighted by Crippen LogP contribution is 2.22. The number of carbonyl (C=O) groups excluding carboxylic acids is 1. The van der Waals surface area contributed by atoms with Gasteiger partial charge in [0, 0.05) is 30.9 Å². The normalized spacial score (nSPS) is 18.4. The van der Waals surface area contributed by atoms with Crippen molar-refractivity contribution in [2.45, 2.75) is 46.6 Å². The third-order valence-electron chi connectivity index (χ3n) is 4.74. The minimum atomic E-state index is 0.0467. The molecule has 2 aromatic rings. The van der Waals surface area contributed by atoms with E-state index in [2.05, 4.69) is 46.6 Å². The van der Waals surface area contributed by atoms with Crippen LogP contribution >= 0.6 is 22.7 Å². The van der Waals surface area contributed by atoms with Crippen LogP contribution in [0.5, 0.6) is 0 Å². The number of rotatable bonds is 7. The number of thiazole rings is 1. The molecule has 3 heterocycles. The van der Waals surface area contributed by atoms with Crippen LogP contribution in [0, 0.1) is 18.8 Å². The zero-order chi connectivity index (χ0) is 18.5. The van der Waals surface area contributed by atoms with E-state index in [1.807, 2.05) is 18.3 Å². The number of nitrogens with one attached hydrogen (secondary N) is 1. The summed E-state index contributed by atoms with van der Waals surface area (Å²) in [6.07, 6.45) is 3.35. The first-order valence-electron chi connectivity index (χ1n) is 9.50. The number of hydrogen-bond donors (Lipinski definition) is 1. The van der Waals surface area contributed by atoms with Crippen molar-refractivity contribution < 1.29 is 4.79 Å². The SMILES string of the molecule is Cc1nc(CC(C)C)sc1C(=O)NCC1CCCN(Cc2cccs2)C1. The van der Waals surface area contributed by atoms with Gasteiger partial charge in [-0.15, -0.1) is 22.7 Å². The number of likely N-dealkylation sites (tertiary alicyclic amines) is 1. The van der Waals surface area contributed by atoms with Gasteiger partial charge in [-0.3, -0.25) is 9.69 Å². The van der Waals surface area contributed by atoms with Crippen LogP contribution in [0.2, 0.25) is 0 Å². The van der Waals surface area contributed by atoms with Crippen molar-refractivity contribution in [2.24, 2.45) is 11.8 Å². The molecule has 0 radical (unpaired) electrons. The fraction of sp³-hybridized carbons (Fsp3) is 0.600. The standard InChI is InChI=1S/C20H29N3OS2/c1-14(2)10-18-22-15(3)19(26-18)20(24)21-11-16-6-4-8-23(12-16)13-17-7-5-9-25-17/h5,7,9,14,16H,4,6,8,10-13H2,1-3H3,(H,21,24). The van der Waals surface area contributed by atoms with Gasteiger partial charge in [-0.05, 0) is 49.6 Å². The van der Waals surface area contributed by atoms with Gasteiger partial charge in [-0.1, -0.05) is 19.9 Å². The molecule has 1 N–H and O–H groups in total. The summed E-state index contributed by atoms with van der Waals surface area (Å²) in [6, 6.07) is 4.32. The molecule has 142 valence electrons. The van der Waals surface area contributed by atoms with Crippen LogP contribution in [0.1, 0.15) is 51.9 Å². The minimum Gasteiger partial charge on any atom is -0.351 e. The van der Waals surface area contributed by atoms with Gasteiger partial charge in [0.05, 0.1) is 10.7 Å². The summed E-state index contributed by atoms with van der Waals surface area (Å²) in [4.78, 5) is 21.9. The fourth-order valence-corrected chi connectivity index (χ4v) is 5.44. The van der Waals surface area contributed by atoms with E-state index in [0.29, 0.717) is 11.8 Å². The summed E-state index contributed by atoms with van der Waals surface area (Å²) in [5.74, 6) is 1.15. The molecular weight excluding hydrogens is 362 g/mol. The van der Waals surface area contributed by atoms with E-state index in [9.17, 15) is 4.79 Å². The Hall–Kier alpha value is -1.24. The van der Waals surface area contributed by atoms with Crippen molar-refractivity contribution in [1.82, 2.24) is 15.2 Å². The van der Waals surface area contributed by atoms with E-state index in [0.717, 1.165) is 48.2 Å². The Labute approximate surface area is 164 Å². The fourth-order valence-electron chi connectivity index (χ4n) is 3.50. The second-order valence-corrected chi connectivity index (χ2v) is 9.77. The summed E-state index contributed by atoms with van der Waals surface area (Å²) < 4.78 is 0. The molecule has 1 aliphatic heterocycles. The van der Waals surface area contributed by atoms with Crippen molar-refractivity contribution in [3.05, 3.63) is 38.0 Å². The zero-order valence-corrected chi connectivity index (χ0v) is 17.6. The second-order valence-electron chi connectivity index (χ2n) is 7.65. The van der Waals surface area contributed by atoms with Gasteiger partial charge in [0.25, 0.3) is 5.91 Å². The summed E-state index contributed by atoms with van der Waals surface area (Å²) in [7, 11) is 0. The molecule has 1 amide bonds. The molecule has 1 atom stereocenters. The first-order valence-corrected chi connectivity index (χ1v) is 11.2. The van der Waals surface area contributed by atoms with Crippen molar-refractivity contribution in [3.63, 3.8) is 0 Å². The molecule has 2 aromatic heterocycles. The first-order chi connectivity index (χ1) is 12.5. The molecular formula is C20H29N3OS2. The van der Waals surface area contributed by atoms with Crippen LogP contribution in [0.25, 0.3) is 0 Å². The maximum atomic E-state index is 12.6. The number of nitrogens with zero attached hydrogens (tertiary/aromatic N) is 2. The Morgan fingerprint density at radius 1 is 1.46 bits per heavy atom. The van der Waals surface area contributed by atoms with Gasteiger partial charge in [0.2, 0.25) is 0 Å². The highest BCUT2D eigenvalue weighted by Gasteiger charge is 2.22. The molecule has 1 unspecified atom stereocenters. The third kappa shape index (κ3) is 5.38. The van der Waals surface area contributed by atoms with E-state index in [4.69, 9.17) is 0 Å². The number of aryl methyl sites for hydroxylation is 1. The van der Waals surface area contributed by atoms with Gasteiger partial charge in [0.1, 0.15) is 4.88 Å². The van der Waals surface area contributed by atoms with E-state index < -0.39 is 0 Å². The molecule has 3 rings (SSSR count). The molecule has 0 spiro atoms. The maximum absolute atomic E-state index is 12.6. The number of aromatic nitrogens is 1. The topological polar surface area (TPSA) is 45.2 Å². The van der Waals surface area contributed by atoms with Crippen LogP contribution < -0.4 is 5.32 Å². The zero-order valence-electron chi connectivity index (χ0n) is 16.0. The Morgan fingerprint density at radius 2 is 2.31 bits per heavy atom. The second kappa shape index (κ2) is 9.11. The molecule has 1 fully saturated rings. The van der Waals surface area contributed by atoms with Crippen LogP contribution in [0.3, 0.4) is 0 Å². The first kappa shape index (κ1) is 19.5. The molecule has 0 aliphatic carbocycles. The monoisotopic (exact) mass is 391 g/mol. The number of hydrogen-bond acceptors (Lipinski definition) is 5. The van der Waals surface area contributed by atoms with Crippen LogP contribution in [-0.2, 0) is 13.0 Å². The molecule has 1 saturated heterocycles. The molecule has 6 heteroatoms. The predicted octanol–water partition coefficient (Wildman–Crippen LogP) is 4.35. The lowest BCUT2D eigenvalue weighted by Crippen LogP contribution is -2.40. The number of thiophene rings is 1. The number of carbonyl (C=O) groups is 1. The smallest absolute Gasteiger partial charge is 0.263 e. The van der Waals surface area contributed by atoms with Crippen LogP contribution in [-0.4, -0.2) is 35.4 Å². The van der Waals surface area contributed by atoms with Crippen LogP contribution in [0.15, 0.2) is 17.5 Å². The highest BCUT2D eigenvalue weighted by atomic mass is 32.1. The van der Waals surface area contributed by atoms with Gasteiger partial charge >= 0.3 is 0 Å². The van der Waals surface area contributed by atoms with Crippen molar-refractivity contribution >= 4 is 28.6 Å². The van der Waals surface area contributed by atoms with E-state index in [1.54, 1.807) is 11.3 Å². The Balaban J connectivity index is 1.50. The molecule has 26 heavy (non-hydrogen) atoms. The summed E-state index contributed by atoms with van der Waals surface area (Å²) >= 11 is 3.38. The van der Waals surface area contributed by atoms with Crippen molar-refractivity contribution in [3.8, 4) is 0 Å². The molecule has 0 saturated carbocycles. The quantitative estimate of drug-likeness (QED) is 0.763. The Morgan fingerprint density at radius 3 is 3.04 bits per heavy atom. The molecule has 4 nitrogen and oxygen atoms in total. The average Bonchev–Trinajstić information content (AvgIpc) is 3.22. The number of amides is 1. The minimum absolute atomic E-state index is 0.0467. The maximum Gasteiger partial charge on any atom is 0.263 e. The Kier molecular flexibility index (Phi) is 6.84. The average molecular weight is 392 g/mol. The Bertz CT molecular complexity index is 709. The predicted molar refractivity (Wildman–Crippen MR) is 110 cm³/mol. The van der Waals surface area contributed by atoms with Gasteiger partial charge in [-0.25, -0.2) is 4.98 Å². The van der Waals surface area contributed by atoms with Crippen LogP contribution in [0.4, 0.5) is 0 Å². The lowest BCUT2D eigenvalue weighted by molar-refractivity contribution is 0.0934. The van der Waals surface area contributed by atoms with Gasteiger partial charge < -0.3 is 5.32 Å². The van der Waals surface area contributed by atoms with E-state index in [1.165, 1.54) is 17.7 Å². The summed E-state index contributed by atoms with van der Waals surface area (Å²) in [5, 5.41) is 6.38. The van der Waals surface area contributed by atoms with Crippen molar-refractivity contribution in [2.75, 3.05) is 19.6 Å². The van der Waals surface area contributed by atoms with Gasteiger partial charge in [0.15, 0.2) is 0 Å². The number of piperidine rings is 1. The van der Waals surface area contributed by atoms with Gasteiger partial charge in [-0.2, -0.15) is 0 Å².